The van der Waals surface area contributed by atoms with E-state index in [2.05, 4.69) is 27.7 Å². The standard InChI is InChI=1S/C11H24O/c1-6-7-11(4,5)8-9(2)10(3)12/h9-10,12H,6-8H2,1-5H3. The predicted molar refractivity (Wildman–Crippen MR) is 54.2 cm³/mol. The SMILES string of the molecule is CCCC(C)(C)CC(C)C(C)O. The highest BCUT2D eigenvalue weighted by atomic mass is 16.3. The molecule has 0 radical (unpaired) electrons. The first-order chi connectivity index (χ1) is 5.39. The molecule has 0 bridgehead atoms. The largest absolute Gasteiger partial charge is 0.393 e. The molecule has 0 saturated carbocycles. The van der Waals surface area contributed by atoms with Crippen LogP contribution in [0.15, 0.2) is 0 Å². The third-order valence-electron chi connectivity index (χ3n) is 2.62. The summed E-state index contributed by atoms with van der Waals surface area (Å²) in [6, 6.07) is 0. The van der Waals surface area contributed by atoms with E-state index in [1.54, 1.807) is 0 Å². The molecule has 0 aliphatic heterocycles. The van der Waals surface area contributed by atoms with Gasteiger partial charge in [0.1, 0.15) is 0 Å². The van der Waals surface area contributed by atoms with Crippen molar-refractivity contribution in [2.75, 3.05) is 0 Å². The van der Waals surface area contributed by atoms with Crippen molar-refractivity contribution in [2.45, 2.75) is 60.0 Å². The minimum absolute atomic E-state index is 0.166. The van der Waals surface area contributed by atoms with Crippen molar-refractivity contribution in [1.82, 2.24) is 0 Å². The summed E-state index contributed by atoms with van der Waals surface area (Å²) in [5, 5.41) is 9.35. The van der Waals surface area contributed by atoms with Crippen LogP contribution in [0.3, 0.4) is 0 Å². The number of rotatable bonds is 5. The summed E-state index contributed by atoms with van der Waals surface area (Å²) in [5.41, 5.74) is 0.394. The molecule has 2 unspecified atom stereocenters. The van der Waals surface area contributed by atoms with Crippen LogP contribution in [0.5, 0.6) is 0 Å². The second kappa shape index (κ2) is 4.86. The maximum atomic E-state index is 9.35. The van der Waals surface area contributed by atoms with Gasteiger partial charge in [0, 0.05) is 0 Å². The molecule has 0 spiro atoms. The fraction of sp³-hybridized carbons (Fsp3) is 1.00. The Balaban J connectivity index is 3.87. The third-order valence-corrected chi connectivity index (χ3v) is 2.62. The fourth-order valence-electron chi connectivity index (χ4n) is 1.82. The maximum Gasteiger partial charge on any atom is 0.0537 e. The first-order valence-electron chi connectivity index (χ1n) is 5.07. The van der Waals surface area contributed by atoms with Crippen molar-refractivity contribution in [3.05, 3.63) is 0 Å². The molecule has 12 heavy (non-hydrogen) atoms. The van der Waals surface area contributed by atoms with Gasteiger partial charge in [-0.05, 0) is 31.1 Å². The molecule has 0 heterocycles. The van der Waals surface area contributed by atoms with Crippen molar-refractivity contribution in [2.24, 2.45) is 11.3 Å². The fourth-order valence-corrected chi connectivity index (χ4v) is 1.82. The lowest BCUT2D eigenvalue weighted by Gasteiger charge is -2.28. The zero-order chi connectivity index (χ0) is 9.78. The summed E-state index contributed by atoms with van der Waals surface area (Å²) >= 11 is 0. The van der Waals surface area contributed by atoms with Gasteiger partial charge in [-0.15, -0.1) is 0 Å². The van der Waals surface area contributed by atoms with Crippen LogP contribution in [0.1, 0.15) is 53.9 Å². The van der Waals surface area contributed by atoms with Gasteiger partial charge in [0.2, 0.25) is 0 Å². The smallest absolute Gasteiger partial charge is 0.0537 e. The first kappa shape index (κ1) is 12.0. The summed E-state index contributed by atoms with van der Waals surface area (Å²) in [6.07, 6.45) is 3.45. The minimum Gasteiger partial charge on any atom is -0.393 e. The van der Waals surface area contributed by atoms with E-state index in [1.807, 2.05) is 6.92 Å². The van der Waals surface area contributed by atoms with E-state index in [9.17, 15) is 5.11 Å². The zero-order valence-electron chi connectivity index (χ0n) is 9.22. The molecule has 1 N–H and O–H groups in total. The van der Waals surface area contributed by atoms with Gasteiger partial charge < -0.3 is 5.11 Å². The van der Waals surface area contributed by atoms with Gasteiger partial charge in [0.25, 0.3) is 0 Å². The molecule has 0 amide bonds. The summed E-state index contributed by atoms with van der Waals surface area (Å²) in [4.78, 5) is 0. The first-order valence-corrected chi connectivity index (χ1v) is 5.07. The van der Waals surface area contributed by atoms with Crippen LogP contribution >= 0.6 is 0 Å². The van der Waals surface area contributed by atoms with Crippen molar-refractivity contribution in [3.63, 3.8) is 0 Å². The van der Waals surface area contributed by atoms with Gasteiger partial charge in [0.15, 0.2) is 0 Å². The number of hydrogen-bond acceptors (Lipinski definition) is 1. The molecule has 0 aliphatic rings. The van der Waals surface area contributed by atoms with E-state index in [4.69, 9.17) is 0 Å². The van der Waals surface area contributed by atoms with Gasteiger partial charge in [-0.2, -0.15) is 0 Å². The molecule has 0 aromatic heterocycles. The van der Waals surface area contributed by atoms with Crippen LogP contribution in [0, 0.1) is 11.3 Å². The quantitative estimate of drug-likeness (QED) is 0.675. The maximum absolute atomic E-state index is 9.35. The molecule has 0 fully saturated rings. The topological polar surface area (TPSA) is 20.2 Å². The highest BCUT2D eigenvalue weighted by Gasteiger charge is 2.22. The van der Waals surface area contributed by atoms with E-state index in [0.29, 0.717) is 11.3 Å². The van der Waals surface area contributed by atoms with Gasteiger partial charge in [-0.1, -0.05) is 34.1 Å². The highest BCUT2D eigenvalue weighted by molar-refractivity contribution is 4.73. The van der Waals surface area contributed by atoms with E-state index in [-0.39, 0.29) is 6.10 Å². The Hall–Kier alpha value is -0.0400. The predicted octanol–water partition coefficient (Wildman–Crippen LogP) is 3.22. The highest BCUT2D eigenvalue weighted by Crippen LogP contribution is 2.31. The molecule has 0 saturated heterocycles. The lowest BCUT2D eigenvalue weighted by atomic mass is 9.78. The molecule has 1 nitrogen and oxygen atoms in total. The van der Waals surface area contributed by atoms with Crippen molar-refractivity contribution in [1.29, 1.82) is 0 Å². The van der Waals surface area contributed by atoms with E-state index >= 15 is 0 Å². The summed E-state index contributed by atoms with van der Waals surface area (Å²) in [5.74, 6) is 0.423. The van der Waals surface area contributed by atoms with Crippen molar-refractivity contribution < 1.29 is 5.11 Å². The van der Waals surface area contributed by atoms with E-state index < -0.39 is 0 Å². The second-order valence-corrected chi connectivity index (χ2v) is 4.84. The van der Waals surface area contributed by atoms with E-state index in [1.165, 1.54) is 12.8 Å². The van der Waals surface area contributed by atoms with E-state index in [0.717, 1.165) is 6.42 Å². The molecular weight excluding hydrogens is 148 g/mol. The number of hydrogen-bond donors (Lipinski definition) is 1. The molecule has 2 atom stereocenters. The Morgan fingerprint density at radius 2 is 1.75 bits per heavy atom. The van der Waals surface area contributed by atoms with Gasteiger partial charge in [-0.25, -0.2) is 0 Å². The van der Waals surface area contributed by atoms with Crippen LogP contribution in [-0.4, -0.2) is 11.2 Å². The molecule has 0 aromatic rings. The van der Waals surface area contributed by atoms with Crippen LogP contribution in [-0.2, 0) is 0 Å². The van der Waals surface area contributed by atoms with Crippen molar-refractivity contribution >= 4 is 0 Å². The Bertz CT molecular complexity index is 116. The minimum atomic E-state index is -0.166. The van der Waals surface area contributed by atoms with Crippen molar-refractivity contribution in [3.8, 4) is 0 Å². The molecule has 74 valence electrons. The molecule has 0 rings (SSSR count). The van der Waals surface area contributed by atoms with Gasteiger partial charge in [0.05, 0.1) is 6.10 Å². The average molecular weight is 172 g/mol. The Kier molecular flexibility index (Phi) is 4.84. The van der Waals surface area contributed by atoms with Crippen LogP contribution in [0.2, 0.25) is 0 Å². The van der Waals surface area contributed by atoms with Crippen LogP contribution in [0.25, 0.3) is 0 Å². The molecular formula is C11H24O. The summed E-state index contributed by atoms with van der Waals surface area (Å²) in [6.45, 7) is 10.8. The average Bonchev–Trinajstić information content (AvgIpc) is 1.85. The lowest BCUT2D eigenvalue weighted by Crippen LogP contribution is -2.22. The van der Waals surface area contributed by atoms with Crippen LogP contribution in [0.4, 0.5) is 0 Å². The lowest BCUT2D eigenvalue weighted by molar-refractivity contribution is 0.0995. The molecule has 0 aromatic carbocycles. The zero-order valence-corrected chi connectivity index (χ0v) is 9.22. The Morgan fingerprint density at radius 1 is 1.25 bits per heavy atom. The number of aliphatic hydroxyl groups is 1. The summed E-state index contributed by atoms with van der Waals surface area (Å²) < 4.78 is 0. The molecule has 1 heteroatoms. The Labute approximate surface area is 77.2 Å². The van der Waals surface area contributed by atoms with Crippen LogP contribution < -0.4 is 0 Å². The third kappa shape index (κ3) is 4.76. The molecule has 0 aliphatic carbocycles. The number of aliphatic hydroxyl groups excluding tert-OH is 1. The summed E-state index contributed by atoms with van der Waals surface area (Å²) in [7, 11) is 0. The normalized spacial score (nSPS) is 17.5. The Morgan fingerprint density at radius 3 is 2.08 bits per heavy atom. The van der Waals surface area contributed by atoms with Gasteiger partial charge in [-0.3, -0.25) is 0 Å². The second-order valence-electron chi connectivity index (χ2n) is 4.84. The van der Waals surface area contributed by atoms with Gasteiger partial charge >= 0.3 is 0 Å². The monoisotopic (exact) mass is 172 g/mol.